The number of nitrogens with zero attached hydrogens (tertiary/aromatic N) is 2. The first-order chi connectivity index (χ1) is 9.00. The highest BCUT2D eigenvalue weighted by molar-refractivity contribution is 5.87. The van der Waals surface area contributed by atoms with Crippen LogP contribution in [0.5, 0.6) is 0 Å². The number of carboxylic acid groups (broad SMARTS) is 1. The molecule has 7 heteroatoms. The summed E-state index contributed by atoms with van der Waals surface area (Å²) in [5.41, 5.74) is 0.922. The van der Waals surface area contributed by atoms with Crippen molar-refractivity contribution >= 4 is 12.0 Å². The topological polar surface area (TPSA) is 94.6 Å². The molecule has 1 aromatic rings. The third kappa shape index (κ3) is 5.35. The van der Waals surface area contributed by atoms with Gasteiger partial charge in [-0.2, -0.15) is 0 Å². The van der Waals surface area contributed by atoms with Crippen molar-refractivity contribution in [1.82, 2.24) is 20.5 Å². The van der Waals surface area contributed by atoms with E-state index in [1.54, 1.807) is 20.2 Å². The summed E-state index contributed by atoms with van der Waals surface area (Å²) in [6.45, 7) is 1.66. The molecule has 0 fully saturated rings. The Kier molecular flexibility index (Phi) is 5.74. The molecule has 0 atom stereocenters. The first-order valence-electron chi connectivity index (χ1n) is 5.85. The average molecular weight is 266 g/mol. The molecular formula is C12H18N4O3. The van der Waals surface area contributed by atoms with Crippen molar-refractivity contribution in [1.29, 1.82) is 0 Å². The molecule has 104 valence electrons. The van der Waals surface area contributed by atoms with Gasteiger partial charge in [0, 0.05) is 39.9 Å². The molecule has 0 saturated heterocycles. The Morgan fingerprint density at radius 1 is 1.32 bits per heavy atom. The van der Waals surface area contributed by atoms with E-state index in [1.807, 2.05) is 0 Å². The molecule has 1 heterocycles. The zero-order valence-electron chi connectivity index (χ0n) is 11.0. The highest BCUT2D eigenvalue weighted by atomic mass is 16.4. The van der Waals surface area contributed by atoms with E-state index in [9.17, 15) is 9.59 Å². The fourth-order valence-corrected chi connectivity index (χ4v) is 1.29. The number of carbonyl (C=O) groups excluding carboxylic acids is 1. The molecule has 7 nitrogen and oxygen atoms in total. The Morgan fingerprint density at radius 2 is 2.05 bits per heavy atom. The van der Waals surface area contributed by atoms with Crippen LogP contribution in [-0.4, -0.2) is 54.2 Å². The van der Waals surface area contributed by atoms with Crippen LogP contribution in [0.15, 0.2) is 18.3 Å². The van der Waals surface area contributed by atoms with Gasteiger partial charge in [-0.15, -0.1) is 0 Å². The minimum absolute atomic E-state index is 0.134. The van der Waals surface area contributed by atoms with Crippen molar-refractivity contribution < 1.29 is 14.7 Å². The Bertz CT molecular complexity index is 431. The summed E-state index contributed by atoms with van der Waals surface area (Å²) < 4.78 is 0. The van der Waals surface area contributed by atoms with Crippen LogP contribution in [0.25, 0.3) is 0 Å². The zero-order valence-corrected chi connectivity index (χ0v) is 11.0. The largest absolute Gasteiger partial charge is 0.478 e. The quantitative estimate of drug-likeness (QED) is 0.637. The van der Waals surface area contributed by atoms with Gasteiger partial charge < -0.3 is 20.6 Å². The van der Waals surface area contributed by atoms with Crippen molar-refractivity contribution in [2.45, 2.75) is 6.54 Å². The fourth-order valence-electron chi connectivity index (χ4n) is 1.29. The van der Waals surface area contributed by atoms with Gasteiger partial charge in [0.25, 0.3) is 0 Å². The molecule has 1 aromatic heterocycles. The summed E-state index contributed by atoms with van der Waals surface area (Å²) in [7, 11) is 3.35. The van der Waals surface area contributed by atoms with Crippen LogP contribution < -0.4 is 10.6 Å². The minimum Gasteiger partial charge on any atom is -0.478 e. The Morgan fingerprint density at radius 3 is 2.58 bits per heavy atom. The van der Waals surface area contributed by atoms with Gasteiger partial charge in [0.05, 0.1) is 11.3 Å². The molecule has 0 aliphatic rings. The number of hydrogen-bond acceptors (Lipinski definition) is 4. The summed E-state index contributed by atoms with van der Waals surface area (Å²) in [6, 6.07) is 3.04. The Balaban J connectivity index is 2.22. The highest BCUT2D eigenvalue weighted by Crippen LogP contribution is 1.99. The zero-order chi connectivity index (χ0) is 14.3. The maximum absolute atomic E-state index is 11.2. The Labute approximate surface area is 111 Å². The van der Waals surface area contributed by atoms with E-state index in [2.05, 4.69) is 15.6 Å². The predicted octanol–water partition coefficient (Wildman–Crippen LogP) is 0.141. The minimum atomic E-state index is -0.988. The monoisotopic (exact) mass is 266 g/mol. The molecule has 0 radical (unpaired) electrons. The molecular weight excluding hydrogens is 248 g/mol. The van der Waals surface area contributed by atoms with Gasteiger partial charge >= 0.3 is 12.0 Å². The lowest BCUT2D eigenvalue weighted by atomic mass is 10.2. The van der Waals surface area contributed by atoms with E-state index < -0.39 is 5.97 Å². The van der Waals surface area contributed by atoms with Crippen molar-refractivity contribution in [2.75, 3.05) is 27.2 Å². The molecule has 0 aromatic carbocycles. The van der Waals surface area contributed by atoms with Gasteiger partial charge in [-0.3, -0.25) is 4.98 Å². The predicted molar refractivity (Wildman–Crippen MR) is 70.0 cm³/mol. The second-order valence-electron chi connectivity index (χ2n) is 4.15. The van der Waals surface area contributed by atoms with Crippen LogP contribution in [0.2, 0.25) is 0 Å². The van der Waals surface area contributed by atoms with Gasteiger partial charge in [-0.1, -0.05) is 0 Å². The lowest BCUT2D eigenvalue weighted by molar-refractivity contribution is 0.0696. The van der Waals surface area contributed by atoms with Crippen LogP contribution in [0.4, 0.5) is 4.79 Å². The van der Waals surface area contributed by atoms with E-state index in [-0.39, 0.29) is 11.6 Å². The van der Waals surface area contributed by atoms with Gasteiger partial charge in [0.2, 0.25) is 0 Å². The molecule has 0 spiro atoms. The normalized spacial score (nSPS) is 10.0. The van der Waals surface area contributed by atoms with E-state index in [0.717, 1.165) is 5.69 Å². The first-order valence-corrected chi connectivity index (χ1v) is 5.85. The number of urea groups is 1. The first kappa shape index (κ1) is 14.9. The number of carbonyl (C=O) groups is 2. The third-order valence-corrected chi connectivity index (χ3v) is 2.36. The number of amides is 2. The van der Waals surface area contributed by atoms with Gasteiger partial charge in [-0.05, 0) is 12.1 Å². The molecule has 0 aliphatic heterocycles. The maximum Gasteiger partial charge on any atom is 0.337 e. The van der Waals surface area contributed by atoms with Crippen LogP contribution in [0, 0.1) is 0 Å². The van der Waals surface area contributed by atoms with Crippen LogP contribution in [-0.2, 0) is 6.54 Å². The number of pyridine rings is 1. The average Bonchev–Trinajstić information content (AvgIpc) is 2.38. The fraction of sp³-hybridized carbons (Fsp3) is 0.417. The van der Waals surface area contributed by atoms with Crippen molar-refractivity contribution in [3.8, 4) is 0 Å². The molecule has 3 N–H and O–H groups in total. The number of nitrogens with one attached hydrogen (secondary N) is 2. The summed E-state index contributed by atoms with van der Waals surface area (Å²) in [5, 5.41) is 14.5. The second kappa shape index (κ2) is 7.32. The number of hydrogen-bond donors (Lipinski definition) is 3. The lowest BCUT2D eigenvalue weighted by Gasteiger charge is -2.12. The number of carboxylic acids is 1. The number of aromatic nitrogens is 1. The van der Waals surface area contributed by atoms with E-state index in [0.29, 0.717) is 19.6 Å². The summed E-state index contributed by atoms with van der Waals surface area (Å²) in [4.78, 5) is 27.3. The van der Waals surface area contributed by atoms with E-state index in [4.69, 9.17) is 5.11 Å². The molecule has 0 bridgehead atoms. The van der Waals surface area contributed by atoms with Crippen molar-refractivity contribution in [3.63, 3.8) is 0 Å². The molecule has 1 rings (SSSR count). The molecule has 0 unspecified atom stereocenters. The van der Waals surface area contributed by atoms with Crippen LogP contribution in [0.3, 0.4) is 0 Å². The van der Waals surface area contributed by atoms with Crippen molar-refractivity contribution in [2.24, 2.45) is 0 Å². The van der Waals surface area contributed by atoms with E-state index in [1.165, 1.54) is 17.2 Å². The van der Waals surface area contributed by atoms with Crippen LogP contribution in [0.1, 0.15) is 16.1 Å². The summed E-state index contributed by atoms with van der Waals surface area (Å²) >= 11 is 0. The standard InChI is InChI=1S/C12H18N4O3/c1-16(2)12(19)14-6-5-13-8-10-4-3-9(7-15-10)11(17)18/h3-4,7,13H,5-6,8H2,1-2H3,(H,14,19)(H,17,18). The van der Waals surface area contributed by atoms with Crippen molar-refractivity contribution in [3.05, 3.63) is 29.6 Å². The van der Waals surface area contributed by atoms with E-state index >= 15 is 0 Å². The molecule has 0 saturated carbocycles. The Hall–Kier alpha value is -2.15. The molecule has 0 aliphatic carbocycles. The van der Waals surface area contributed by atoms with Gasteiger partial charge in [-0.25, -0.2) is 9.59 Å². The number of aromatic carboxylic acids is 1. The second-order valence-corrected chi connectivity index (χ2v) is 4.15. The molecule has 2 amide bonds. The lowest BCUT2D eigenvalue weighted by Crippen LogP contribution is -2.38. The van der Waals surface area contributed by atoms with Crippen LogP contribution >= 0.6 is 0 Å². The van der Waals surface area contributed by atoms with Gasteiger partial charge in [0.15, 0.2) is 0 Å². The molecule has 19 heavy (non-hydrogen) atoms. The highest BCUT2D eigenvalue weighted by Gasteiger charge is 2.03. The SMILES string of the molecule is CN(C)C(=O)NCCNCc1ccc(C(=O)O)cn1. The number of rotatable bonds is 6. The summed E-state index contributed by atoms with van der Waals surface area (Å²) in [5.74, 6) is -0.988. The summed E-state index contributed by atoms with van der Waals surface area (Å²) in [6.07, 6.45) is 1.33. The third-order valence-electron chi connectivity index (χ3n) is 2.36. The maximum atomic E-state index is 11.2. The smallest absolute Gasteiger partial charge is 0.337 e. The van der Waals surface area contributed by atoms with Gasteiger partial charge in [0.1, 0.15) is 0 Å².